The number of hydrogen-bond donors (Lipinski definition) is 2. The minimum absolute atomic E-state index is 0.388. The van der Waals surface area contributed by atoms with Crippen molar-refractivity contribution in [3.8, 4) is 0 Å². The first kappa shape index (κ1) is 19.2. The Labute approximate surface area is 167 Å². The predicted molar refractivity (Wildman–Crippen MR) is 112 cm³/mol. The van der Waals surface area contributed by atoms with Crippen LogP contribution < -0.4 is 10.6 Å². The minimum Gasteiger partial charge on any atom is -0.379 e. The number of nitrogens with one attached hydrogen (secondary N) is 2. The molecule has 1 aromatic heterocycles. The highest BCUT2D eigenvalue weighted by atomic mass is 32.1. The number of morpholine rings is 1. The molecular weight excluding hydrogens is 356 g/mol. The molecule has 27 heavy (non-hydrogen) atoms. The van der Waals surface area contributed by atoms with Gasteiger partial charge in [0.05, 0.1) is 19.3 Å². The Hall–Kier alpha value is -1.11. The van der Waals surface area contributed by atoms with Crippen molar-refractivity contribution in [2.45, 2.75) is 45.1 Å². The number of hydrogen-bond acceptors (Lipinski definition) is 4. The van der Waals surface area contributed by atoms with Crippen molar-refractivity contribution in [2.75, 3.05) is 45.9 Å². The van der Waals surface area contributed by atoms with Gasteiger partial charge in [-0.2, -0.15) is 0 Å². The maximum atomic E-state index is 5.56. The minimum atomic E-state index is 0.388. The van der Waals surface area contributed by atoms with Gasteiger partial charge < -0.3 is 15.4 Å². The molecule has 0 bridgehead atoms. The van der Waals surface area contributed by atoms with Gasteiger partial charge in [0.2, 0.25) is 0 Å². The number of thiophene rings is 1. The maximum Gasteiger partial charge on any atom is 0.191 e. The number of rotatable bonds is 8. The zero-order chi connectivity index (χ0) is 18.5. The lowest BCUT2D eigenvalue weighted by atomic mass is 9.65. The van der Waals surface area contributed by atoms with E-state index in [1.807, 2.05) is 11.3 Å². The molecule has 2 N–H and O–H groups in total. The Morgan fingerprint density at radius 3 is 2.74 bits per heavy atom. The van der Waals surface area contributed by atoms with Crippen LogP contribution in [-0.2, 0) is 4.74 Å². The third-order valence-corrected chi connectivity index (χ3v) is 7.48. The molecule has 5 nitrogen and oxygen atoms in total. The second kappa shape index (κ2) is 8.93. The summed E-state index contributed by atoms with van der Waals surface area (Å²) in [6, 6.07) is 4.80. The number of ether oxygens (including phenoxy) is 1. The van der Waals surface area contributed by atoms with Crippen LogP contribution in [0.4, 0.5) is 0 Å². The Morgan fingerprint density at radius 2 is 2.15 bits per heavy atom. The topological polar surface area (TPSA) is 48.9 Å². The second-order valence-electron chi connectivity index (χ2n) is 8.25. The van der Waals surface area contributed by atoms with Crippen LogP contribution in [0.1, 0.15) is 49.9 Å². The van der Waals surface area contributed by atoms with Gasteiger partial charge in [-0.05, 0) is 55.4 Å². The van der Waals surface area contributed by atoms with E-state index in [-0.39, 0.29) is 0 Å². The van der Waals surface area contributed by atoms with E-state index in [1.54, 1.807) is 0 Å². The van der Waals surface area contributed by atoms with E-state index in [1.165, 1.54) is 37.0 Å². The number of aliphatic imine (C=N–C) groups is 1. The summed E-state index contributed by atoms with van der Waals surface area (Å²) < 4.78 is 5.56. The molecule has 1 aromatic rings. The third kappa shape index (κ3) is 4.66. The van der Waals surface area contributed by atoms with Gasteiger partial charge in [-0.15, -0.1) is 11.3 Å². The first-order valence-electron chi connectivity index (χ1n) is 10.7. The van der Waals surface area contributed by atoms with Gasteiger partial charge in [0.25, 0.3) is 0 Å². The zero-order valence-electron chi connectivity index (χ0n) is 16.6. The summed E-state index contributed by atoms with van der Waals surface area (Å²) in [5.41, 5.74) is 0.527. The largest absolute Gasteiger partial charge is 0.379 e. The molecule has 4 rings (SSSR count). The summed E-state index contributed by atoms with van der Waals surface area (Å²) in [7, 11) is 0. The van der Waals surface area contributed by atoms with E-state index in [4.69, 9.17) is 9.73 Å². The predicted octanol–water partition coefficient (Wildman–Crippen LogP) is 3.26. The van der Waals surface area contributed by atoms with Crippen molar-refractivity contribution in [3.05, 3.63) is 22.4 Å². The average Bonchev–Trinajstić information content (AvgIpc) is 3.37. The van der Waals surface area contributed by atoms with Crippen LogP contribution >= 0.6 is 11.3 Å². The molecule has 1 unspecified atom stereocenters. The fourth-order valence-electron chi connectivity index (χ4n) is 4.57. The molecule has 2 aliphatic carbocycles. The Morgan fingerprint density at radius 1 is 1.33 bits per heavy atom. The van der Waals surface area contributed by atoms with Crippen molar-refractivity contribution in [3.63, 3.8) is 0 Å². The Balaban J connectivity index is 1.39. The van der Waals surface area contributed by atoms with Crippen LogP contribution in [0.2, 0.25) is 0 Å². The average molecular weight is 391 g/mol. The lowest BCUT2D eigenvalue weighted by Gasteiger charge is -2.41. The molecule has 0 radical (unpaired) electrons. The van der Waals surface area contributed by atoms with Crippen molar-refractivity contribution < 1.29 is 4.74 Å². The summed E-state index contributed by atoms with van der Waals surface area (Å²) in [5, 5.41) is 9.29. The summed E-state index contributed by atoms with van der Waals surface area (Å²) in [6.07, 6.45) is 7.01. The van der Waals surface area contributed by atoms with Crippen LogP contribution in [0.25, 0.3) is 0 Å². The van der Waals surface area contributed by atoms with Gasteiger partial charge in [-0.25, -0.2) is 0 Å². The van der Waals surface area contributed by atoms with Crippen LogP contribution in [0.15, 0.2) is 22.5 Å². The summed E-state index contributed by atoms with van der Waals surface area (Å²) >= 11 is 1.85. The molecule has 0 spiro atoms. The molecule has 1 atom stereocenters. The van der Waals surface area contributed by atoms with Crippen molar-refractivity contribution >= 4 is 17.3 Å². The highest BCUT2D eigenvalue weighted by Crippen LogP contribution is 2.57. The van der Waals surface area contributed by atoms with E-state index >= 15 is 0 Å². The van der Waals surface area contributed by atoms with Crippen molar-refractivity contribution in [1.29, 1.82) is 0 Å². The second-order valence-corrected chi connectivity index (χ2v) is 9.23. The van der Waals surface area contributed by atoms with Gasteiger partial charge in [0.1, 0.15) is 0 Å². The molecule has 2 heterocycles. The van der Waals surface area contributed by atoms with Crippen LogP contribution in [0, 0.1) is 11.3 Å². The van der Waals surface area contributed by atoms with E-state index in [2.05, 4.69) is 40.0 Å². The van der Waals surface area contributed by atoms with Gasteiger partial charge >= 0.3 is 0 Å². The summed E-state index contributed by atoms with van der Waals surface area (Å²) in [4.78, 5) is 8.99. The van der Waals surface area contributed by atoms with Crippen LogP contribution in [-0.4, -0.2) is 56.8 Å². The lowest BCUT2D eigenvalue weighted by molar-refractivity contribution is 0.0177. The number of nitrogens with zero attached hydrogens (tertiary/aromatic N) is 2. The van der Waals surface area contributed by atoms with Crippen LogP contribution in [0.3, 0.4) is 0 Å². The maximum absolute atomic E-state index is 5.56. The first-order valence-corrected chi connectivity index (χ1v) is 11.6. The van der Waals surface area contributed by atoms with E-state index in [9.17, 15) is 0 Å². The number of guanidine groups is 1. The van der Waals surface area contributed by atoms with E-state index < -0.39 is 0 Å². The monoisotopic (exact) mass is 390 g/mol. The molecule has 3 fully saturated rings. The first-order chi connectivity index (χ1) is 13.3. The summed E-state index contributed by atoms with van der Waals surface area (Å²) in [6.45, 7) is 8.61. The standard InChI is InChI=1S/C21H34N4OS/c1-2-22-20(24-16-21(8-4-9-21)17-6-7-17)23-15-18(19-5-3-14-27-19)25-10-12-26-13-11-25/h3,5,14,17-18H,2,4,6-13,15-16H2,1H3,(H2,22,23,24). The molecule has 150 valence electrons. The molecule has 1 aliphatic heterocycles. The van der Waals surface area contributed by atoms with E-state index in [0.717, 1.165) is 57.8 Å². The summed E-state index contributed by atoms with van der Waals surface area (Å²) in [5.74, 6) is 1.93. The lowest BCUT2D eigenvalue weighted by Crippen LogP contribution is -2.46. The zero-order valence-corrected chi connectivity index (χ0v) is 17.4. The smallest absolute Gasteiger partial charge is 0.191 e. The Kier molecular flexibility index (Phi) is 6.35. The quantitative estimate of drug-likeness (QED) is 0.528. The molecule has 0 amide bonds. The SMILES string of the molecule is CCNC(=NCC1(C2CC2)CCC1)NCC(c1cccs1)N1CCOCC1. The van der Waals surface area contributed by atoms with E-state index in [0.29, 0.717) is 11.5 Å². The molecule has 6 heteroatoms. The molecule has 3 aliphatic rings. The fraction of sp³-hybridized carbons (Fsp3) is 0.762. The molecule has 2 saturated carbocycles. The molecular formula is C21H34N4OS. The van der Waals surface area contributed by atoms with Gasteiger partial charge in [0.15, 0.2) is 5.96 Å². The van der Waals surface area contributed by atoms with Gasteiger partial charge in [-0.3, -0.25) is 9.89 Å². The van der Waals surface area contributed by atoms with Crippen LogP contribution in [0.5, 0.6) is 0 Å². The molecule has 1 saturated heterocycles. The highest BCUT2D eigenvalue weighted by molar-refractivity contribution is 7.10. The van der Waals surface area contributed by atoms with Gasteiger partial charge in [0, 0.05) is 37.6 Å². The Bertz CT molecular complexity index is 604. The highest BCUT2D eigenvalue weighted by Gasteiger charge is 2.48. The van der Waals surface area contributed by atoms with Gasteiger partial charge in [-0.1, -0.05) is 12.5 Å². The fourth-order valence-corrected chi connectivity index (χ4v) is 5.43. The normalized spacial score (nSPS) is 24.3. The van der Waals surface area contributed by atoms with Crippen molar-refractivity contribution in [1.82, 2.24) is 15.5 Å². The molecule has 0 aromatic carbocycles. The third-order valence-electron chi connectivity index (χ3n) is 6.51. The van der Waals surface area contributed by atoms with Crippen molar-refractivity contribution in [2.24, 2.45) is 16.3 Å².